The number of fused-ring (bicyclic) bond motifs is 1. The molecule has 7 heteroatoms. The number of amides is 2. The number of morpholine rings is 1. The SMILES string of the molecule is CC(=O)N1c2ccc(C(=O)N3CCOCC3)cc2C(Nc2cccc(C)n2)C(C)C1C. The molecule has 3 unspecified atom stereocenters. The number of nitrogens with one attached hydrogen (secondary N) is 1. The Morgan fingerprint density at radius 1 is 1.13 bits per heavy atom. The molecule has 1 N–H and O–H groups in total. The minimum absolute atomic E-state index is 0.0000126. The van der Waals surface area contributed by atoms with Crippen LogP contribution in [-0.2, 0) is 9.53 Å². The van der Waals surface area contributed by atoms with Gasteiger partial charge in [-0.05, 0) is 49.7 Å². The van der Waals surface area contributed by atoms with Crippen molar-refractivity contribution in [3.05, 3.63) is 53.2 Å². The number of nitrogens with zero attached hydrogens (tertiary/aromatic N) is 3. The molecule has 2 aliphatic rings. The first-order chi connectivity index (χ1) is 14.9. The van der Waals surface area contributed by atoms with Crippen LogP contribution >= 0.6 is 0 Å². The molecule has 0 spiro atoms. The van der Waals surface area contributed by atoms with E-state index in [1.54, 1.807) is 6.92 Å². The molecule has 7 nitrogen and oxygen atoms in total. The largest absolute Gasteiger partial charge is 0.378 e. The first-order valence-corrected chi connectivity index (χ1v) is 10.9. The summed E-state index contributed by atoms with van der Waals surface area (Å²) >= 11 is 0. The topological polar surface area (TPSA) is 74.8 Å². The Hall–Kier alpha value is -2.93. The number of pyridine rings is 1. The average molecular weight is 423 g/mol. The molecule has 2 aromatic rings. The van der Waals surface area contributed by atoms with Crippen molar-refractivity contribution in [3.8, 4) is 0 Å². The van der Waals surface area contributed by atoms with Crippen LogP contribution in [0.25, 0.3) is 0 Å². The van der Waals surface area contributed by atoms with Gasteiger partial charge in [0.15, 0.2) is 0 Å². The minimum atomic E-state index is -0.0765. The maximum atomic E-state index is 13.1. The molecule has 3 heterocycles. The van der Waals surface area contributed by atoms with E-state index in [2.05, 4.69) is 24.1 Å². The standard InChI is InChI=1S/C24H30N4O3/c1-15-6-5-7-22(25-15)26-23-16(2)17(3)28(18(4)29)21-9-8-19(14-20(21)23)24(30)27-10-12-31-13-11-27/h5-9,14,16-17,23H,10-13H2,1-4H3,(H,25,26). The van der Waals surface area contributed by atoms with Crippen LogP contribution in [0.5, 0.6) is 0 Å². The van der Waals surface area contributed by atoms with Gasteiger partial charge in [0.05, 0.1) is 19.3 Å². The fourth-order valence-electron chi connectivity index (χ4n) is 4.57. The van der Waals surface area contributed by atoms with Gasteiger partial charge in [0.1, 0.15) is 5.82 Å². The third-order valence-corrected chi connectivity index (χ3v) is 6.39. The molecule has 164 valence electrons. The van der Waals surface area contributed by atoms with Crippen molar-refractivity contribution in [2.24, 2.45) is 5.92 Å². The van der Waals surface area contributed by atoms with Gasteiger partial charge in [-0.1, -0.05) is 13.0 Å². The summed E-state index contributed by atoms with van der Waals surface area (Å²) in [7, 11) is 0. The van der Waals surface area contributed by atoms with Crippen LogP contribution in [0.3, 0.4) is 0 Å². The van der Waals surface area contributed by atoms with E-state index in [1.807, 2.05) is 53.1 Å². The van der Waals surface area contributed by atoms with Gasteiger partial charge < -0.3 is 19.9 Å². The highest BCUT2D eigenvalue weighted by molar-refractivity contribution is 5.98. The number of aromatic nitrogens is 1. The van der Waals surface area contributed by atoms with E-state index in [-0.39, 0.29) is 29.8 Å². The predicted octanol–water partition coefficient (Wildman–Crippen LogP) is 3.41. The Balaban J connectivity index is 1.75. The predicted molar refractivity (Wildman–Crippen MR) is 120 cm³/mol. The lowest BCUT2D eigenvalue weighted by molar-refractivity contribution is -0.117. The number of hydrogen-bond donors (Lipinski definition) is 1. The second kappa shape index (κ2) is 8.67. The molecule has 1 aromatic heterocycles. The average Bonchev–Trinajstić information content (AvgIpc) is 2.76. The van der Waals surface area contributed by atoms with Crippen molar-refractivity contribution < 1.29 is 14.3 Å². The first kappa shape index (κ1) is 21.3. The lowest BCUT2D eigenvalue weighted by atomic mass is 9.82. The highest BCUT2D eigenvalue weighted by atomic mass is 16.5. The van der Waals surface area contributed by atoms with Crippen molar-refractivity contribution >= 4 is 23.3 Å². The summed E-state index contributed by atoms with van der Waals surface area (Å²) in [6.45, 7) is 10.1. The Kier molecular flexibility index (Phi) is 5.96. The fourth-order valence-corrected chi connectivity index (χ4v) is 4.57. The molecule has 0 radical (unpaired) electrons. The van der Waals surface area contributed by atoms with Gasteiger partial charge in [-0.3, -0.25) is 9.59 Å². The van der Waals surface area contributed by atoms with Crippen molar-refractivity contribution in [2.75, 3.05) is 36.5 Å². The molecular weight excluding hydrogens is 392 g/mol. The van der Waals surface area contributed by atoms with Crippen molar-refractivity contribution in [3.63, 3.8) is 0 Å². The Morgan fingerprint density at radius 3 is 2.55 bits per heavy atom. The van der Waals surface area contributed by atoms with Gasteiger partial charge >= 0.3 is 0 Å². The Bertz CT molecular complexity index is 987. The van der Waals surface area contributed by atoms with Gasteiger partial charge in [-0.2, -0.15) is 0 Å². The van der Waals surface area contributed by atoms with E-state index in [9.17, 15) is 9.59 Å². The summed E-state index contributed by atoms with van der Waals surface area (Å²) in [4.78, 5) is 33.9. The fraction of sp³-hybridized carbons (Fsp3) is 0.458. The van der Waals surface area contributed by atoms with Crippen LogP contribution in [0, 0.1) is 12.8 Å². The van der Waals surface area contributed by atoms with Crippen molar-refractivity contribution in [1.29, 1.82) is 0 Å². The molecule has 2 aliphatic heterocycles. The van der Waals surface area contributed by atoms with Crippen LogP contribution in [0.2, 0.25) is 0 Å². The third kappa shape index (κ3) is 4.14. The lowest BCUT2D eigenvalue weighted by Crippen LogP contribution is -2.48. The van der Waals surface area contributed by atoms with Crippen LogP contribution in [0.15, 0.2) is 36.4 Å². The molecule has 0 aliphatic carbocycles. The molecule has 1 aromatic carbocycles. The second-order valence-corrected chi connectivity index (χ2v) is 8.45. The van der Waals surface area contributed by atoms with Crippen molar-refractivity contribution in [1.82, 2.24) is 9.88 Å². The summed E-state index contributed by atoms with van der Waals surface area (Å²) in [5.41, 5.74) is 3.36. The number of carbonyl (C=O) groups is 2. The summed E-state index contributed by atoms with van der Waals surface area (Å²) in [6, 6.07) is 11.5. The molecule has 0 saturated carbocycles. The summed E-state index contributed by atoms with van der Waals surface area (Å²) in [5.74, 6) is 0.905. The van der Waals surface area contributed by atoms with Crippen LogP contribution in [0.1, 0.15) is 48.4 Å². The highest BCUT2D eigenvalue weighted by Crippen LogP contribution is 2.42. The van der Waals surface area contributed by atoms with E-state index in [0.717, 1.165) is 22.8 Å². The van der Waals surface area contributed by atoms with E-state index >= 15 is 0 Å². The highest BCUT2D eigenvalue weighted by Gasteiger charge is 2.39. The van der Waals surface area contributed by atoms with E-state index in [0.29, 0.717) is 31.9 Å². The van der Waals surface area contributed by atoms with Crippen LogP contribution in [-0.4, -0.2) is 54.0 Å². The molecule has 1 fully saturated rings. The lowest BCUT2D eigenvalue weighted by Gasteiger charge is -2.44. The summed E-state index contributed by atoms with van der Waals surface area (Å²) in [5, 5.41) is 3.57. The van der Waals surface area contributed by atoms with Crippen LogP contribution in [0.4, 0.5) is 11.5 Å². The van der Waals surface area contributed by atoms with Crippen molar-refractivity contribution in [2.45, 2.75) is 39.8 Å². The zero-order valence-corrected chi connectivity index (χ0v) is 18.6. The number of anilines is 2. The zero-order chi connectivity index (χ0) is 22.1. The van der Waals surface area contributed by atoms with Gasteiger partial charge in [-0.15, -0.1) is 0 Å². The number of aryl methyl sites for hydroxylation is 1. The van der Waals surface area contributed by atoms with E-state index in [4.69, 9.17) is 4.74 Å². The second-order valence-electron chi connectivity index (χ2n) is 8.45. The third-order valence-electron chi connectivity index (χ3n) is 6.39. The molecule has 2 amide bonds. The molecule has 1 saturated heterocycles. The zero-order valence-electron chi connectivity index (χ0n) is 18.6. The van der Waals surface area contributed by atoms with Gasteiger partial charge in [0, 0.05) is 48.9 Å². The molecule has 3 atom stereocenters. The van der Waals surface area contributed by atoms with Gasteiger partial charge in [-0.25, -0.2) is 4.98 Å². The van der Waals surface area contributed by atoms with Gasteiger partial charge in [0.2, 0.25) is 5.91 Å². The maximum absolute atomic E-state index is 13.1. The smallest absolute Gasteiger partial charge is 0.254 e. The minimum Gasteiger partial charge on any atom is -0.378 e. The van der Waals surface area contributed by atoms with E-state index in [1.165, 1.54) is 0 Å². The normalized spacial score (nSPS) is 23.3. The first-order valence-electron chi connectivity index (χ1n) is 10.9. The number of rotatable bonds is 3. The van der Waals surface area contributed by atoms with Crippen LogP contribution < -0.4 is 10.2 Å². The number of hydrogen-bond acceptors (Lipinski definition) is 5. The maximum Gasteiger partial charge on any atom is 0.254 e. The molecule has 4 rings (SSSR count). The summed E-state index contributed by atoms with van der Waals surface area (Å²) < 4.78 is 5.38. The molecule has 31 heavy (non-hydrogen) atoms. The molecule has 0 bridgehead atoms. The molecular formula is C24H30N4O3. The number of ether oxygens (including phenoxy) is 1. The Morgan fingerprint density at radius 2 is 1.87 bits per heavy atom. The van der Waals surface area contributed by atoms with Gasteiger partial charge in [0.25, 0.3) is 5.91 Å². The monoisotopic (exact) mass is 422 g/mol. The summed E-state index contributed by atoms with van der Waals surface area (Å²) in [6.07, 6.45) is 0. The Labute approximate surface area is 183 Å². The number of benzene rings is 1. The number of carbonyl (C=O) groups excluding carboxylic acids is 2. The van der Waals surface area contributed by atoms with E-state index < -0.39 is 0 Å². The quantitative estimate of drug-likeness (QED) is 0.821.